The van der Waals surface area contributed by atoms with Gasteiger partial charge < -0.3 is 15.0 Å². The van der Waals surface area contributed by atoms with Gasteiger partial charge in [0, 0.05) is 50.8 Å². The number of aromatic nitrogens is 1. The Labute approximate surface area is 181 Å². The number of pyridine rings is 1. The zero-order valence-corrected chi connectivity index (χ0v) is 17.1. The highest BCUT2D eigenvalue weighted by Gasteiger charge is 2.21. The van der Waals surface area contributed by atoms with E-state index in [1.54, 1.807) is 54.9 Å². The molecule has 0 saturated carbocycles. The molecule has 1 aliphatic heterocycles. The molecule has 2 amide bonds. The van der Waals surface area contributed by atoms with E-state index >= 15 is 0 Å². The standard InChI is InChI=1S/C24H23N5O2/c25-17-20-3-1-2-4-23(20)31-22-7-5-21(6-8-22)27-24(30)29-15-13-28(14-16-29)18-19-9-11-26-12-10-19/h1-12H,13-16,18H2,(H,27,30). The van der Waals surface area contributed by atoms with Gasteiger partial charge in [0.25, 0.3) is 0 Å². The summed E-state index contributed by atoms with van der Waals surface area (Å²) in [5.41, 5.74) is 2.40. The molecule has 3 aromatic rings. The third kappa shape index (κ3) is 5.38. The lowest BCUT2D eigenvalue weighted by Gasteiger charge is -2.34. The molecule has 7 heteroatoms. The van der Waals surface area contributed by atoms with Crippen LogP contribution in [0.1, 0.15) is 11.1 Å². The molecule has 4 rings (SSSR count). The number of carbonyl (C=O) groups excluding carboxylic acids is 1. The predicted octanol–water partition coefficient (Wildman–Crippen LogP) is 4.10. The van der Waals surface area contributed by atoms with Gasteiger partial charge >= 0.3 is 6.03 Å². The van der Waals surface area contributed by atoms with E-state index < -0.39 is 0 Å². The van der Waals surface area contributed by atoms with Crippen LogP contribution in [-0.4, -0.2) is 47.0 Å². The van der Waals surface area contributed by atoms with Gasteiger partial charge in [-0.2, -0.15) is 5.26 Å². The number of carbonyl (C=O) groups is 1. The lowest BCUT2D eigenvalue weighted by atomic mass is 10.2. The maximum Gasteiger partial charge on any atom is 0.321 e. The normalized spacial score (nSPS) is 14.0. The van der Waals surface area contributed by atoms with Crippen molar-refractivity contribution in [3.05, 3.63) is 84.2 Å². The molecule has 1 fully saturated rings. The van der Waals surface area contributed by atoms with Crippen molar-refractivity contribution in [1.82, 2.24) is 14.8 Å². The Morgan fingerprint density at radius 1 is 1.00 bits per heavy atom. The third-order valence-electron chi connectivity index (χ3n) is 5.16. The molecule has 1 aliphatic rings. The van der Waals surface area contributed by atoms with Crippen molar-refractivity contribution in [2.45, 2.75) is 6.54 Å². The summed E-state index contributed by atoms with van der Waals surface area (Å²) >= 11 is 0. The van der Waals surface area contributed by atoms with Crippen molar-refractivity contribution >= 4 is 11.7 Å². The molecule has 0 aliphatic carbocycles. The van der Waals surface area contributed by atoms with E-state index in [4.69, 9.17) is 10.00 Å². The number of anilines is 1. The van der Waals surface area contributed by atoms with Gasteiger partial charge in [-0.1, -0.05) is 12.1 Å². The molecule has 156 valence electrons. The molecular formula is C24H23N5O2. The number of amides is 2. The highest BCUT2D eigenvalue weighted by Crippen LogP contribution is 2.26. The van der Waals surface area contributed by atoms with Gasteiger partial charge in [-0.25, -0.2) is 4.79 Å². The van der Waals surface area contributed by atoms with Gasteiger partial charge in [-0.05, 0) is 54.1 Å². The van der Waals surface area contributed by atoms with Gasteiger partial charge in [0.2, 0.25) is 0 Å². The van der Waals surface area contributed by atoms with Crippen molar-refractivity contribution in [1.29, 1.82) is 5.26 Å². The van der Waals surface area contributed by atoms with Gasteiger partial charge in [0.05, 0.1) is 5.56 Å². The Balaban J connectivity index is 1.28. The number of para-hydroxylation sites is 1. The second-order valence-corrected chi connectivity index (χ2v) is 7.28. The second kappa shape index (κ2) is 9.74. The Morgan fingerprint density at radius 2 is 1.71 bits per heavy atom. The summed E-state index contributed by atoms with van der Waals surface area (Å²) in [6.45, 7) is 3.90. The van der Waals surface area contributed by atoms with E-state index in [9.17, 15) is 4.79 Å². The minimum atomic E-state index is -0.105. The first-order valence-corrected chi connectivity index (χ1v) is 10.2. The fourth-order valence-corrected chi connectivity index (χ4v) is 3.44. The number of piperazine rings is 1. The maximum atomic E-state index is 12.6. The van der Waals surface area contributed by atoms with E-state index in [0.29, 0.717) is 35.8 Å². The smallest absolute Gasteiger partial charge is 0.321 e. The van der Waals surface area contributed by atoms with Crippen molar-refractivity contribution in [2.75, 3.05) is 31.5 Å². The zero-order chi connectivity index (χ0) is 21.5. The largest absolute Gasteiger partial charge is 0.456 e. The first kappa shape index (κ1) is 20.4. The molecule has 7 nitrogen and oxygen atoms in total. The number of nitriles is 1. The fourth-order valence-electron chi connectivity index (χ4n) is 3.44. The van der Waals surface area contributed by atoms with E-state index in [-0.39, 0.29) is 6.03 Å². The fraction of sp³-hybridized carbons (Fsp3) is 0.208. The van der Waals surface area contributed by atoms with Gasteiger partial charge in [0.15, 0.2) is 0 Å². The average Bonchev–Trinajstić information content (AvgIpc) is 2.82. The molecule has 31 heavy (non-hydrogen) atoms. The molecule has 1 aromatic heterocycles. The Kier molecular flexibility index (Phi) is 6.41. The first-order chi connectivity index (χ1) is 15.2. The van der Waals surface area contributed by atoms with Crippen molar-refractivity contribution in [3.63, 3.8) is 0 Å². The molecule has 0 radical (unpaired) electrons. The van der Waals surface area contributed by atoms with E-state index in [2.05, 4.69) is 21.3 Å². The summed E-state index contributed by atoms with van der Waals surface area (Å²) in [5.74, 6) is 1.11. The Morgan fingerprint density at radius 3 is 2.42 bits per heavy atom. The van der Waals surface area contributed by atoms with Crippen LogP contribution in [0.15, 0.2) is 73.1 Å². The highest BCUT2D eigenvalue weighted by atomic mass is 16.5. The zero-order valence-electron chi connectivity index (χ0n) is 17.1. The summed E-state index contributed by atoms with van der Waals surface area (Å²) in [6, 6.07) is 20.3. The van der Waals surface area contributed by atoms with Crippen LogP contribution in [0.5, 0.6) is 11.5 Å². The van der Waals surface area contributed by atoms with Crippen LogP contribution >= 0.6 is 0 Å². The first-order valence-electron chi connectivity index (χ1n) is 10.2. The second-order valence-electron chi connectivity index (χ2n) is 7.28. The number of urea groups is 1. The van der Waals surface area contributed by atoms with Crippen LogP contribution in [0.25, 0.3) is 0 Å². The lowest BCUT2D eigenvalue weighted by Crippen LogP contribution is -2.49. The van der Waals surface area contributed by atoms with E-state index in [1.165, 1.54) is 5.56 Å². The van der Waals surface area contributed by atoms with E-state index in [0.717, 1.165) is 19.6 Å². The number of nitrogens with one attached hydrogen (secondary N) is 1. The van der Waals surface area contributed by atoms with Crippen LogP contribution < -0.4 is 10.1 Å². The predicted molar refractivity (Wildman–Crippen MR) is 118 cm³/mol. The number of rotatable bonds is 5. The van der Waals surface area contributed by atoms with Crippen LogP contribution in [0.4, 0.5) is 10.5 Å². The van der Waals surface area contributed by atoms with Crippen molar-refractivity contribution in [2.24, 2.45) is 0 Å². The highest BCUT2D eigenvalue weighted by molar-refractivity contribution is 5.89. The summed E-state index contributed by atoms with van der Waals surface area (Å²) in [5, 5.41) is 12.1. The van der Waals surface area contributed by atoms with Crippen molar-refractivity contribution in [3.8, 4) is 17.6 Å². The molecule has 0 bridgehead atoms. The number of hydrogen-bond donors (Lipinski definition) is 1. The number of benzene rings is 2. The monoisotopic (exact) mass is 413 g/mol. The Hall–Kier alpha value is -3.89. The molecule has 0 spiro atoms. The van der Waals surface area contributed by atoms with Crippen LogP contribution in [-0.2, 0) is 6.54 Å². The Bertz CT molecular complexity index is 1060. The quantitative estimate of drug-likeness (QED) is 0.681. The van der Waals surface area contributed by atoms with Gasteiger partial charge in [-0.3, -0.25) is 9.88 Å². The summed E-state index contributed by atoms with van der Waals surface area (Å²) in [6.07, 6.45) is 3.61. The summed E-state index contributed by atoms with van der Waals surface area (Å²) in [7, 11) is 0. The molecule has 0 unspecified atom stereocenters. The average molecular weight is 413 g/mol. The molecule has 2 heterocycles. The maximum absolute atomic E-state index is 12.6. The van der Waals surface area contributed by atoms with Crippen LogP contribution in [0, 0.1) is 11.3 Å². The molecule has 0 atom stereocenters. The minimum absolute atomic E-state index is 0.105. The molecule has 1 saturated heterocycles. The van der Waals surface area contributed by atoms with E-state index in [1.807, 2.05) is 23.1 Å². The third-order valence-corrected chi connectivity index (χ3v) is 5.16. The van der Waals surface area contributed by atoms with Gasteiger partial charge in [0.1, 0.15) is 17.6 Å². The van der Waals surface area contributed by atoms with Crippen molar-refractivity contribution < 1.29 is 9.53 Å². The topological polar surface area (TPSA) is 81.5 Å². The number of hydrogen-bond acceptors (Lipinski definition) is 5. The molecule has 2 aromatic carbocycles. The SMILES string of the molecule is N#Cc1ccccc1Oc1ccc(NC(=O)N2CCN(Cc3ccncc3)CC2)cc1. The number of nitrogens with zero attached hydrogens (tertiary/aromatic N) is 4. The minimum Gasteiger partial charge on any atom is -0.456 e. The van der Waals surface area contributed by atoms with Crippen LogP contribution in [0.2, 0.25) is 0 Å². The summed E-state index contributed by atoms with van der Waals surface area (Å²) < 4.78 is 5.78. The lowest BCUT2D eigenvalue weighted by molar-refractivity contribution is 0.143. The summed E-state index contributed by atoms with van der Waals surface area (Å²) in [4.78, 5) is 20.8. The van der Waals surface area contributed by atoms with Gasteiger partial charge in [-0.15, -0.1) is 0 Å². The molecular weight excluding hydrogens is 390 g/mol. The van der Waals surface area contributed by atoms with Crippen LogP contribution in [0.3, 0.4) is 0 Å². The molecule has 1 N–H and O–H groups in total. The number of ether oxygens (including phenoxy) is 1.